The second kappa shape index (κ2) is 4.89. The number of nitrogens with one attached hydrogen (secondary N) is 1. The molecule has 1 aliphatic heterocycles. The Labute approximate surface area is 121 Å². The lowest BCUT2D eigenvalue weighted by molar-refractivity contribution is -0.131. The predicted molar refractivity (Wildman–Crippen MR) is 77.8 cm³/mol. The maximum atomic E-state index is 12.2. The third-order valence-corrected chi connectivity index (χ3v) is 4.83. The summed E-state index contributed by atoms with van der Waals surface area (Å²) in [6.45, 7) is 3.58. The van der Waals surface area contributed by atoms with Gasteiger partial charge in [-0.2, -0.15) is 0 Å². The Kier molecular flexibility index (Phi) is 3.37. The Morgan fingerprint density at radius 1 is 1.37 bits per heavy atom. The van der Waals surface area contributed by atoms with Crippen molar-refractivity contribution in [1.29, 1.82) is 0 Å². The Morgan fingerprint density at radius 2 is 2.11 bits per heavy atom. The van der Waals surface area contributed by atoms with Crippen molar-refractivity contribution < 1.29 is 4.79 Å². The van der Waals surface area contributed by atoms with E-state index in [2.05, 4.69) is 38.3 Å². The van der Waals surface area contributed by atoms with Crippen LogP contribution >= 0.6 is 15.9 Å². The molecule has 3 rings (SSSR count). The molecule has 1 heterocycles. The first-order chi connectivity index (χ1) is 9.14. The van der Waals surface area contributed by atoms with Crippen molar-refractivity contribution >= 4 is 21.8 Å². The van der Waals surface area contributed by atoms with Gasteiger partial charge in [0.15, 0.2) is 0 Å². The summed E-state index contributed by atoms with van der Waals surface area (Å²) in [5.41, 5.74) is 7.55. The fourth-order valence-corrected chi connectivity index (χ4v) is 3.82. The van der Waals surface area contributed by atoms with E-state index in [1.54, 1.807) is 0 Å². The molecule has 1 aromatic carbocycles. The summed E-state index contributed by atoms with van der Waals surface area (Å²) in [5.74, 6) is -0.213. The molecule has 102 valence electrons. The number of halogens is 1. The van der Waals surface area contributed by atoms with E-state index in [1.807, 2.05) is 6.07 Å². The van der Waals surface area contributed by atoms with Gasteiger partial charge < -0.3 is 11.1 Å². The van der Waals surface area contributed by atoms with Gasteiger partial charge in [-0.05, 0) is 36.1 Å². The molecule has 0 saturated carbocycles. The van der Waals surface area contributed by atoms with Crippen molar-refractivity contribution in [1.82, 2.24) is 10.2 Å². The number of hydrogen-bond donors (Lipinski definition) is 2. The van der Waals surface area contributed by atoms with Gasteiger partial charge in [0.05, 0.1) is 0 Å². The van der Waals surface area contributed by atoms with Gasteiger partial charge in [0.1, 0.15) is 5.54 Å². The molecule has 2 aliphatic rings. The van der Waals surface area contributed by atoms with Crippen molar-refractivity contribution in [2.75, 3.05) is 26.2 Å². The average molecular weight is 324 g/mol. The largest absolute Gasteiger partial charge is 0.368 e. The van der Waals surface area contributed by atoms with Crippen molar-refractivity contribution in [3.63, 3.8) is 0 Å². The molecule has 1 saturated heterocycles. The summed E-state index contributed by atoms with van der Waals surface area (Å²) in [7, 11) is 0. The van der Waals surface area contributed by atoms with E-state index >= 15 is 0 Å². The summed E-state index contributed by atoms with van der Waals surface area (Å²) in [4.78, 5) is 14.5. The van der Waals surface area contributed by atoms with Gasteiger partial charge in [0, 0.05) is 30.7 Å². The number of rotatable bonds is 2. The summed E-state index contributed by atoms with van der Waals surface area (Å²) in [5, 5.41) is 3.33. The number of carbonyl (C=O) groups is 1. The minimum atomic E-state index is -0.599. The first-order valence-corrected chi connectivity index (χ1v) is 7.48. The van der Waals surface area contributed by atoms with Crippen molar-refractivity contribution in [2.24, 2.45) is 5.73 Å². The first kappa shape index (κ1) is 13.1. The molecular formula is C14H18BrN3O. The van der Waals surface area contributed by atoms with Crippen molar-refractivity contribution in [3.05, 3.63) is 33.8 Å². The third kappa shape index (κ3) is 2.00. The van der Waals surface area contributed by atoms with Gasteiger partial charge in [-0.25, -0.2) is 0 Å². The standard InChI is InChI=1S/C14H18BrN3O/c15-11-1-2-12-10(9-11)3-4-14(12,13(16)19)18-7-5-17-6-8-18/h1-2,9,17H,3-8H2,(H2,16,19). The number of aryl methyl sites for hydroxylation is 1. The Bertz CT molecular complexity index is 513. The third-order valence-electron chi connectivity index (χ3n) is 4.33. The normalized spacial score (nSPS) is 27.2. The van der Waals surface area contributed by atoms with Crippen LogP contribution in [0.4, 0.5) is 0 Å². The van der Waals surface area contributed by atoms with Crippen LogP contribution in [-0.4, -0.2) is 37.0 Å². The van der Waals surface area contributed by atoms with E-state index in [9.17, 15) is 4.79 Å². The van der Waals surface area contributed by atoms with Crippen molar-refractivity contribution in [3.8, 4) is 0 Å². The number of carbonyl (C=O) groups excluding carboxylic acids is 1. The maximum absolute atomic E-state index is 12.2. The molecule has 1 amide bonds. The summed E-state index contributed by atoms with van der Waals surface area (Å²) >= 11 is 3.50. The van der Waals surface area contributed by atoms with Crippen LogP contribution in [0.15, 0.2) is 22.7 Å². The minimum Gasteiger partial charge on any atom is -0.368 e. The molecule has 1 aromatic rings. The number of nitrogens with two attached hydrogens (primary N) is 1. The number of primary amides is 1. The molecule has 1 atom stereocenters. The molecule has 1 fully saturated rings. The number of fused-ring (bicyclic) bond motifs is 1. The van der Waals surface area contributed by atoms with Crippen LogP contribution < -0.4 is 11.1 Å². The zero-order valence-corrected chi connectivity index (χ0v) is 12.4. The van der Waals surface area contributed by atoms with Gasteiger partial charge in [-0.1, -0.05) is 22.0 Å². The van der Waals surface area contributed by atoms with Gasteiger partial charge >= 0.3 is 0 Å². The predicted octanol–water partition coefficient (Wildman–Crippen LogP) is 0.981. The van der Waals surface area contributed by atoms with E-state index in [1.165, 1.54) is 5.56 Å². The summed E-state index contributed by atoms with van der Waals surface area (Å²) in [6, 6.07) is 6.17. The highest BCUT2D eigenvalue weighted by molar-refractivity contribution is 9.10. The number of benzene rings is 1. The number of hydrogen-bond acceptors (Lipinski definition) is 3. The first-order valence-electron chi connectivity index (χ1n) is 6.69. The smallest absolute Gasteiger partial charge is 0.242 e. The molecule has 19 heavy (non-hydrogen) atoms. The Morgan fingerprint density at radius 3 is 2.79 bits per heavy atom. The van der Waals surface area contributed by atoms with Crippen LogP contribution in [0.3, 0.4) is 0 Å². The van der Waals surface area contributed by atoms with E-state index < -0.39 is 5.54 Å². The average Bonchev–Trinajstić information content (AvgIpc) is 2.79. The quantitative estimate of drug-likeness (QED) is 0.853. The SMILES string of the molecule is NC(=O)C1(N2CCNCC2)CCc2cc(Br)ccc21. The van der Waals surface area contributed by atoms with Crippen LogP contribution in [0.25, 0.3) is 0 Å². The van der Waals surface area contributed by atoms with Gasteiger partial charge in [0.25, 0.3) is 0 Å². The lowest BCUT2D eigenvalue weighted by Gasteiger charge is -2.42. The molecule has 1 unspecified atom stereocenters. The number of nitrogens with zero attached hydrogens (tertiary/aromatic N) is 1. The topological polar surface area (TPSA) is 58.4 Å². The molecule has 0 aromatic heterocycles. The summed E-state index contributed by atoms with van der Waals surface area (Å²) < 4.78 is 1.06. The van der Waals surface area contributed by atoms with Gasteiger partial charge in [-0.3, -0.25) is 9.69 Å². The highest BCUT2D eigenvalue weighted by Gasteiger charge is 2.48. The number of amides is 1. The Balaban J connectivity index is 2.06. The van der Waals surface area contributed by atoms with Crippen LogP contribution in [0.5, 0.6) is 0 Å². The monoisotopic (exact) mass is 323 g/mol. The molecule has 0 radical (unpaired) electrons. The van der Waals surface area contributed by atoms with Gasteiger partial charge in [-0.15, -0.1) is 0 Å². The van der Waals surface area contributed by atoms with Crippen LogP contribution in [-0.2, 0) is 16.8 Å². The zero-order valence-electron chi connectivity index (χ0n) is 10.8. The van der Waals surface area contributed by atoms with Gasteiger partial charge in [0.2, 0.25) is 5.91 Å². The lowest BCUT2D eigenvalue weighted by Crippen LogP contribution is -2.59. The van der Waals surface area contributed by atoms with E-state index in [-0.39, 0.29) is 5.91 Å². The number of piperazine rings is 1. The molecule has 5 heteroatoms. The molecule has 3 N–H and O–H groups in total. The van der Waals surface area contributed by atoms with E-state index in [0.717, 1.165) is 49.1 Å². The second-order valence-electron chi connectivity index (χ2n) is 5.26. The van der Waals surface area contributed by atoms with Crippen LogP contribution in [0.2, 0.25) is 0 Å². The maximum Gasteiger partial charge on any atom is 0.242 e. The molecule has 4 nitrogen and oxygen atoms in total. The highest BCUT2D eigenvalue weighted by Crippen LogP contribution is 2.42. The molecule has 0 spiro atoms. The van der Waals surface area contributed by atoms with Crippen molar-refractivity contribution in [2.45, 2.75) is 18.4 Å². The van der Waals surface area contributed by atoms with Crippen LogP contribution in [0.1, 0.15) is 17.5 Å². The minimum absolute atomic E-state index is 0.213. The zero-order chi connectivity index (χ0) is 13.5. The molecular weight excluding hydrogens is 306 g/mol. The lowest BCUT2D eigenvalue weighted by atomic mass is 9.88. The molecule has 0 bridgehead atoms. The fourth-order valence-electron chi connectivity index (χ4n) is 3.41. The summed E-state index contributed by atoms with van der Waals surface area (Å²) in [6.07, 6.45) is 1.72. The molecule has 1 aliphatic carbocycles. The highest BCUT2D eigenvalue weighted by atomic mass is 79.9. The van der Waals surface area contributed by atoms with Crippen LogP contribution in [0, 0.1) is 0 Å². The second-order valence-corrected chi connectivity index (χ2v) is 6.18. The Hall–Kier alpha value is -0.910. The van der Waals surface area contributed by atoms with E-state index in [0.29, 0.717) is 0 Å². The fraction of sp³-hybridized carbons (Fsp3) is 0.500. The van der Waals surface area contributed by atoms with E-state index in [4.69, 9.17) is 5.73 Å².